The van der Waals surface area contributed by atoms with Gasteiger partial charge in [0.15, 0.2) is 6.04 Å². The van der Waals surface area contributed by atoms with Gasteiger partial charge < -0.3 is 15.2 Å². The molecule has 0 aromatic heterocycles. The molecule has 0 heterocycles. The molecule has 0 aromatic carbocycles. The summed E-state index contributed by atoms with van der Waals surface area (Å²) in [5, 5.41) is 20.6. The molecule has 6 nitrogen and oxygen atoms in total. The summed E-state index contributed by atoms with van der Waals surface area (Å²) in [4.78, 5) is 23.1. The van der Waals surface area contributed by atoms with Crippen LogP contribution in [0.3, 0.4) is 0 Å². The van der Waals surface area contributed by atoms with E-state index < -0.39 is 23.3 Å². The molecule has 0 aliphatic heterocycles. The zero-order valence-electron chi connectivity index (χ0n) is 10.7. The number of hydrogen-bond acceptors (Lipinski definition) is 4. The average molecular weight is 266 g/mol. The van der Waals surface area contributed by atoms with Crippen molar-refractivity contribution < 1.29 is 19.4 Å². The van der Waals surface area contributed by atoms with E-state index in [1.54, 1.807) is 0 Å². The number of rotatable bonds is 7. The van der Waals surface area contributed by atoms with E-state index in [1.807, 2.05) is 6.07 Å². The van der Waals surface area contributed by atoms with Crippen LogP contribution in [-0.2, 0) is 14.3 Å². The first kappa shape index (κ1) is 15.2. The number of ether oxygens (including phenoxy) is 1. The molecule has 2 N–H and O–H groups in total. The van der Waals surface area contributed by atoms with Gasteiger partial charge in [-0.2, -0.15) is 5.26 Å². The molecule has 1 amide bonds. The Kier molecular flexibility index (Phi) is 5.52. The maximum Gasteiger partial charge on any atom is 0.328 e. The smallest absolute Gasteiger partial charge is 0.328 e. The lowest BCUT2D eigenvalue weighted by molar-refractivity contribution is -0.144. The molecule has 0 saturated heterocycles. The largest absolute Gasteiger partial charge is 0.480 e. The number of carbonyl (C=O) groups excluding carboxylic acids is 1. The van der Waals surface area contributed by atoms with E-state index in [1.165, 1.54) is 6.08 Å². The topological polar surface area (TPSA) is 99.4 Å². The number of carbonyl (C=O) groups is 2. The third-order valence-corrected chi connectivity index (χ3v) is 3.23. The van der Waals surface area contributed by atoms with Gasteiger partial charge in [0.1, 0.15) is 5.41 Å². The number of amides is 1. The summed E-state index contributed by atoms with van der Waals surface area (Å²) in [6.07, 6.45) is 4.08. The van der Waals surface area contributed by atoms with E-state index >= 15 is 0 Å². The Morgan fingerprint density at radius 1 is 1.53 bits per heavy atom. The van der Waals surface area contributed by atoms with Crippen LogP contribution in [0.2, 0.25) is 0 Å². The van der Waals surface area contributed by atoms with Crippen LogP contribution >= 0.6 is 0 Å². The summed E-state index contributed by atoms with van der Waals surface area (Å²) in [6, 6.07) is 0.886. The molecule has 1 atom stereocenters. The van der Waals surface area contributed by atoms with Gasteiger partial charge in [0, 0.05) is 0 Å². The molecule has 104 valence electrons. The Hall–Kier alpha value is -1.87. The van der Waals surface area contributed by atoms with Gasteiger partial charge in [0.2, 0.25) is 5.91 Å². The number of nitrogens with one attached hydrogen (secondary N) is 1. The first-order valence-electron chi connectivity index (χ1n) is 6.19. The highest BCUT2D eigenvalue weighted by atomic mass is 16.5. The third-order valence-electron chi connectivity index (χ3n) is 3.23. The molecular formula is C13H18N2O4. The maximum atomic E-state index is 12.1. The number of nitrogens with zero attached hydrogens (tertiary/aromatic N) is 1. The van der Waals surface area contributed by atoms with Gasteiger partial charge in [-0.15, -0.1) is 6.58 Å². The lowest BCUT2D eigenvalue weighted by Crippen LogP contribution is -2.49. The minimum absolute atomic E-state index is 0.144. The first-order chi connectivity index (χ1) is 9.05. The Morgan fingerprint density at radius 2 is 2.16 bits per heavy atom. The first-order valence-corrected chi connectivity index (χ1v) is 6.19. The normalized spacial score (nSPS) is 18.3. The monoisotopic (exact) mass is 266 g/mol. The average Bonchev–Trinajstić information content (AvgIpc) is 2.87. The summed E-state index contributed by atoms with van der Waals surface area (Å²) >= 11 is 0. The third kappa shape index (κ3) is 3.80. The Labute approximate surface area is 112 Å². The van der Waals surface area contributed by atoms with Gasteiger partial charge in [-0.25, -0.2) is 4.79 Å². The van der Waals surface area contributed by atoms with Crippen LogP contribution in [0, 0.1) is 16.7 Å². The van der Waals surface area contributed by atoms with Gasteiger partial charge in [-0.05, 0) is 12.8 Å². The standard InChI is InChI=1S/C13H18N2O4/c1-2-7-19-8-10(11(16)17)15-12(18)13(9-14)5-3-4-6-13/h2,10H,1,3-8H2,(H,15,18)(H,16,17). The van der Waals surface area contributed by atoms with Gasteiger partial charge in [0.05, 0.1) is 19.3 Å². The van der Waals surface area contributed by atoms with Crippen molar-refractivity contribution in [3.63, 3.8) is 0 Å². The Bertz CT molecular complexity index is 394. The summed E-state index contributed by atoms with van der Waals surface area (Å²) < 4.78 is 5.04. The molecule has 1 rings (SSSR count). The quantitative estimate of drug-likeness (QED) is 0.525. The van der Waals surface area contributed by atoms with Crippen LogP contribution in [0.4, 0.5) is 0 Å². The van der Waals surface area contributed by atoms with Crippen LogP contribution in [0.25, 0.3) is 0 Å². The highest BCUT2D eigenvalue weighted by Gasteiger charge is 2.42. The van der Waals surface area contributed by atoms with Crippen LogP contribution in [0.15, 0.2) is 12.7 Å². The van der Waals surface area contributed by atoms with Crippen molar-refractivity contribution in [1.82, 2.24) is 5.32 Å². The van der Waals surface area contributed by atoms with Crippen LogP contribution < -0.4 is 5.32 Å². The molecule has 1 aliphatic rings. The Morgan fingerprint density at radius 3 is 2.63 bits per heavy atom. The van der Waals surface area contributed by atoms with Gasteiger partial charge in [0.25, 0.3) is 0 Å². The van der Waals surface area contributed by atoms with E-state index in [0.29, 0.717) is 12.8 Å². The predicted molar refractivity (Wildman–Crippen MR) is 67.1 cm³/mol. The second kappa shape index (κ2) is 6.90. The SMILES string of the molecule is C=CCOCC(NC(=O)C1(C#N)CCCC1)C(=O)O. The minimum atomic E-state index is -1.18. The number of carboxylic acids is 1. The lowest BCUT2D eigenvalue weighted by Gasteiger charge is -2.22. The van der Waals surface area contributed by atoms with Crippen LogP contribution in [0.1, 0.15) is 25.7 Å². The predicted octanol–water partition coefficient (Wildman–Crippen LogP) is 0.842. The summed E-state index contributed by atoms with van der Waals surface area (Å²) in [5.74, 6) is -1.69. The fraction of sp³-hybridized carbons (Fsp3) is 0.615. The van der Waals surface area contributed by atoms with Crippen LogP contribution in [0.5, 0.6) is 0 Å². The molecular weight excluding hydrogens is 248 g/mol. The highest BCUT2D eigenvalue weighted by molar-refractivity contribution is 5.89. The fourth-order valence-electron chi connectivity index (χ4n) is 2.11. The molecule has 19 heavy (non-hydrogen) atoms. The maximum absolute atomic E-state index is 12.1. The molecule has 1 unspecified atom stereocenters. The second-order valence-electron chi connectivity index (χ2n) is 4.59. The number of hydrogen-bond donors (Lipinski definition) is 2. The van der Waals surface area contributed by atoms with Gasteiger partial charge in [-0.1, -0.05) is 18.9 Å². The molecule has 1 saturated carbocycles. The molecule has 0 aromatic rings. The molecule has 1 aliphatic carbocycles. The molecule has 0 spiro atoms. The van der Waals surface area contributed by atoms with E-state index in [9.17, 15) is 9.59 Å². The fourth-order valence-corrected chi connectivity index (χ4v) is 2.11. The number of carboxylic acid groups (broad SMARTS) is 1. The molecule has 0 radical (unpaired) electrons. The zero-order valence-corrected chi connectivity index (χ0v) is 10.7. The van der Waals surface area contributed by atoms with Crippen molar-refractivity contribution in [1.29, 1.82) is 5.26 Å². The van der Waals surface area contributed by atoms with E-state index in [4.69, 9.17) is 15.1 Å². The van der Waals surface area contributed by atoms with Crippen LogP contribution in [-0.4, -0.2) is 36.2 Å². The van der Waals surface area contributed by atoms with Crippen molar-refractivity contribution in [3.05, 3.63) is 12.7 Å². The molecule has 0 bridgehead atoms. The van der Waals surface area contributed by atoms with Gasteiger partial charge >= 0.3 is 5.97 Å². The lowest BCUT2D eigenvalue weighted by atomic mass is 9.87. The molecule has 6 heteroatoms. The minimum Gasteiger partial charge on any atom is -0.480 e. The van der Waals surface area contributed by atoms with E-state index in [-0.39, 0.29) is 13.2 Å². The van der Waals surface area contributed by atoms with E-state index in [2.05, 4.69) is 11.9 Å². The second-order valence-corrected chi connectivity index (χ2v) is 4.59. The molecule has 1 fully saturated rings. The van der Waals surface area contributed by atoms with Gasteiger partial charge in [-0.3, -0.25) is 4.79 Å². The van der Waals surface area contributed by atoms with Crippen molar-refractivity contribution in [3.8, 4) is 6.07 Å². The summed E-state index contributed by atoms with van der Waals surface area (Å²) in [7, 11) is 0. The summed E-state index contributed by atoms with van der Waals surface area (Å²) in [6.45, 7) is 3.51. The van der Waals surface area contributed by atoms with Crippen molar-refractivity contribution in [2.45, 2.75) is 31.7 Å². The zero-order chi connectivity index (χ0) is 14.3. The van der Waals surface area contributed by atoms with Crippen molar-refractivity contribution in [2.75, 3.05) is 13.2 Å². The highest BCUT2D eigenvalue weighted by Crippen LogP contribution is 2.37. The number of nitriles is 1. The summed E-state index contributed by atoms with van der Waals surface area (Å²) in [5.41, 5.74) is -1.08. The van der Waals surface area contributed by atoms with Crippen molar-refractivity contribution in [2.24, 2.45) is 5.41 Å². The number of aliphatic carboxylic acids is 1. The van der Waals surface area contributed by atoms with Crippen molar-refractivity contribution >= 4 is 11.9 Å². The Balaban J connectivity index is 2.63. The van der Waals surface area contributed by atoms with E-state index in [0.717, 1.165) is 12.8 Å².